The van der Waals surface area contributed by atoms with Crippen molar-refractivity contribution in [2.75, 3.05) is 0 Å². The minimum absolute atomic E-state index is 0.129. The first-order valence-electron chi connectivity index (χ1n) is 17.9. The second kappa shape index (κ2) is 14.3. The average Bonchev–Trinajstić information content (AvgIpc) is 3.09. The summed E-state index contributed by atoms with van der Waals surface area (Å²) >= 11 is 0. The van der Waals surface area contributed by atoms with Crippen molar-refractivity contribution in [2.24, 2.45) is 0 Å². The molecule has 0 aliphatic carbocycles. The van der Waals surface area contributed by atoms with Crippen LogP contribution < -0.4 is 0 Å². The first-order chi connectivity index (χ1) is 25.0. The van der Waals surface area contributed by atoms with Crippen LogP contribution in [-0.4, -0.2) is 30.6 Å². The molecule has 272 valence electrons. The standard InChI is InChI=1S/C47H48O6/c1-24-17-42(50)28(5)13-34(24)23-39-41(49)12-10-33(46(39)35-14-29(6)43(51)18-25(35)2)21-32-9-11-40(48)38(22-32)47(36-15-30(7)44(52)19-26(36)3)37-16-31(8)45(53)20-27(37)4/h9-20,22,47-53H,21,23H2,1-8H3. The Bertz CT molecular complexity index is 2350. The molecule has 0 unspecified atom stereocenters. The molecule has 0 aliphatic rings. The minimum Gasteiger partial charge on any atom is -0.508 e. The fourth-order valence-electron chi connectivity index (χ4n) is 7.60. The molecule has 6 aromatic carbocycles. The molecule has 6 heteroatoms. The lowest BCUT2D eigenvalue weighted by Crippen LogP contribution is -2.09. The van der Waals surface area contributed by atoms with Gasteiger partial charge >= 0.3 is 0 Å². The number of aromatic hydroxyl groups is 6. The zero-order chi connectivity index (χ0) is 38.5. The monoisotopic (exact) mass is 708 g/mol. The molecule has 6 aromatic rings. The van der Waals surface area contributed by atoms with Gasteiger partial charge in [-0.05, 0) is 188 Å². The lowest BCUT2D eigenvalue weighted by Gasteiger charge is -2.26. The summed E-state index contributed by atoms with van der Waals surface area (Å²) in [4.78, 5) is 0. The summed E-state index contributed by atoms with van der Waals surface area (Å²) in [6.45, 7) is 15.3. The number of hydrogen-bond donors (Lipinski definition) is 6. The average molecular weight is 709 g/mol. The zero-order valence-electron chi connectivity index (χ0n) is 31.7. The van der Waals surface area contributed by atoms with E-state index in [0.29, 0.717) is 18.4 Å². The molecular weight excluding hydrogens is 661 g/mol. The van der Waals surface area contributed by atoms with Gasteiger partial charge in [0, 0.05) is 23.5 Å². The van der Waals surface area contributed by atoms with Crippen LogP contribution in [0.1, 0.15) is 89.4 Å². The highest BCUT2D eigenvalue weighted by molar-refractivity contribution is 5.78. The topological polar surface area (TPSA) is 121 Å². The van der Waals surface area contributed by atoms with Crippen LogP contribution in [0.15, 0.2) is 78.9 Å². The molecule has 0 radical (unpaired) electrons. The second-order valence-electron chi connectivity index (χ2n) is 14.8. The van der Waals surface area contributed by atoms with Crippen LogP contribution in [0.25, 0.3) is 11.1 Å². The van der Waals surface area contributed by atoms with Crippen molar-refractivity contribution >= 4 is 0 Å². The van der Waals surface area contributed by atoms with Crippen molar-refractivity contribution in [2.45, 2.75) is 74.1 Å². The van der Waals surface area contributed by atoms with Crippen LogP contribution >= 0.6 is 0 Å². The molecule has 0 atom stereocenters. The number of rotatable bonds is 8. The van der Waals surface area contributed by atoms with Gasteiger partial charge in [-0.25, -0.2) is 0 Å². The zero-order valence-corrected chi connectivity index (χ0v) is 31.7. The molecule has 0 saturated heterocycles. The number of hydrogen-bond acceptors (Lipinski definition) is 6. The van der Waals surface area contributed by atoms with Gasteiger partial charge in [-0.3, -0.25) is 0 Å². The van der Waals surface area contributed by atoms with Gasteiger partial charge in [0.25, 0.3) is 0 Å². The van der Waals surface area contributed by atoms with Gasteiger partial charge in [0.1, 0.15) is 34.5 Å². The van der Waals surface area contributed by atoms with E-state index >= 15 is 0 Å². The molecule has 6 nitrogen and oxygen atoms in total. The molecule has 0 spiro atoms. The fourth-order valence-corrected chi connectivity index (χ4v) is 7.60. The third-order valence-electron chi connectivity index (χ3n) is 10.8. The van der Waals surface area contributed by atoms with Crippen LogP contribution in [0, 0.1) is 55.4 Å². The summed E-state index contributed by atoms with van der Waals surface area (Å²) in [6.07, 6.45) is 0.889. The van der Waals surface area contributed by atoms with Crippen molar-refractivity contribution in [3.05, 3.63) is 162 Å². The maximum absolute atomic E-state index is 11.6. The molecule has 0 aliphatic heterocycles. The lowest BCUT2D eigenvalue weighted by molar-refractivity contribution is 0.465. The Balaban J connectivity index is 1.56. The van der Waals surface area contributed by atoms with Gasteiger partial charge in [0.15, 0.2) is 0 Å². The Labute approximate surface area is 311 Å². The summed E-state index contributed by atoms with van der Waals surface area (Å²) in [5.74, 6) is 0.709. The van der Waals surface area contributed by atoms with Crippen LogP contribution in [0.2, 0.25) is 0 Å². The number of phenols is 6. The fraction of sp³-hybridized carbons (Fsp3) is 0.234. The molecular formula is C47H48O6. The Kier molecular flexibility index (Phi) is 9.93. The summed E-state index contributed by atoms with van der Waals surface area (Å²) in [6, 6.07) is 24.2. The first-order valence-corrected chi connectivity index (χ1v) is 17.9. The van der Waals surface area contributed by atoms with Crippen LogP contribution in [0.4, 0.5) is 0 Å². The van der Waals surface area contributed by atoms with Crippen LogP contribution in [0.3, 0.4) is 0 Å². The van der Waals surface area contributed by atoms with Gasteiger partial charge in [0.2, 0.25) is 0 Å². The molecule has 0 fully saturated rings. The number of aryl methyl sites for hydroxylation is 8. The van der Waals surface area contributed by atoms with Gasteiger partial charge in [-0.1, -0.05) is 36.4 Å². The smallest absolute Gasteiger partial charge is 0.119 e. The summed E-state index contributed by atoms with van der Waals surface area (Å²) in [5, 5.41) is 65.2. The Hall–Kier alpha value is -5.88. The van der Waals surface area contributed by atoms with E-state index in [-0.39, 0.29) is 34.5 Å². The van der Waals surface area contributed by atoms with E-state index in [1.54, 1.807) is 36.4 Å². The van der Waals surface area contributed by atoms with Crippen LogP contribution in [0.5, 0.6) is 34.5 Å². The third-order valence-corrected chi connectivity index (χ3v) is 10.8. The largest absolute Gasteiger partial charge is 0.508 e. The summed E-state index contributed by atoms with van der Waals surface area (Å²) in [7, 11) is 0. The Morgan fingerprint density at radius 2 is 0.868 bits per heavy atom. The number of benzene rings is 6. The van der Waals surface area contributed by atoms with E-state index in [1.807, 2.05) is 97.9 Å². The van der Waals surface area contributed by atoms with E-state index in [9.17, 15) is 30.6 Å². The van der Waals surface area contributed by atoms with E-state index in [2.05, 4.69) is 0 Å². The van der Waals surface area contributed by atoms with Crippen molar-refractivity contribution in [1.82, 2.24) is 0 Å². The van der Waals surface area contributed by atoms with E-state index < -0.39 is 5.92 Å². The Morgan fingerprint density at radius 3 is 1.45 bits per heavy atom. The van der Waals surface area contributed by atoms with E-state index in [4.69, 9.17) is 0 Å². The second-order valence-corrected chi connectivity index (χ2v) is 14.8. The summed E-state index contributed by atoms with van der Waals surface area (Å²) < 4.78 is 0. The molecule has 0 amide bonds. The van der Waals surface area contributed by atoms with Crippen molar-refractivity contribution in [3.8, 4) is 45.6 Å². The highest BCUT2D eigenvalue weighted by Crippen LogP contribution is 2.44. The maximum atomic E-state index is 11.6. The molecule has 6 rings (SSSR count). The lowest BCUT2D eigenvalue weighted by atomic mass is 9.78. The first kappa shape index (κ1) is 36.9. The van der Waals surface area contributed by atoms with Gasteiger partial charge in [0.05, 0.1) is 0 Å². The minimum atomic E-state index is -0.411. The van der Waals surface area contributed by atoms with Crippen molar-refractivity contribution < 1.29 is 30.6 Å². The van der Waals surface area contributed by atoms with Crippen molar-refractivity contribution in [3.63, 3.8) is 0 Å². The van der Waals surface area contributed by atoms with Gasteiger partial charge < -0.3 is 30.6 Å². The Morgan fingerprint density at radius 1 is 0.377 bits per heavy atom. The highest BCUT2D eigenvalue weighted by Gasteiger charge is 2.26. The van der Waals surface area contributed by atoms with Gasteiger partial charge in [-0.2, -0.15) is 0 Å². The molecule has 53 heavy (non-hydrogen) atoms. The van der Waals surface area contributed by atoms with Crippen LogP contribution in [-0.2, 0) is 12.8 Å². The molecule has 0 bridgehead atoms. The molecule has 0 aromatic heterocycles. The maximum Gasteiger partial charge on any atom is 0.119 e. The third kappa shape index (κ3) is 7.14. The SMILES string of the molecule is Cc1cc(Cc2c(O)ccc(Cc3ccc(O)c(C(c4cc(C)c(O)cc4C)c4cc(C)c(O)cc4C)c3)c2-c2cc(C)c(O)cc2C)c(C)cc1O. The molecule has 6 N–H and O–H groups in total. The highest BCUT2D eigenvalue weighted by atomic mass is 16.3. The van der Waals surface area contributed by atoms with E-state index in [1.165, 1.54) is 0 Å². The van der Waals surface area contributed by atoms with E-state index in [0.717, 1.165) is 89.0 Å². The molecule has 0 heterocycles. The summed E-state index contributed by atoms with van der Waals surface area (Å²) in [5.41, 5.74) is 14.4. The van der Waals surface area contributed by atoms with Gasteiger partial charge in [-0.15, -0.1) is 0 Å². The molecule has 0 saturated carbocycles. The van der Waals surface area contributed by atoms with Crippen molar-refractivity contribution in [1.29, 1.82) is 0 Å². The predicted octanol–water partition coefficient (Wildman–Crippen LogP) is 10.4. The quantitative estimate of drug-likeness (QED) is 0.0876. The number of phenolic OH excluding ortho intramolecular Hbond substituents is 6. The normalized spacial score (nSPS) is 11.4. The predicted molar refractivity (Wildman–Crippen MR) is 212 cm³/mol.